The van der Waals surface area contributed by atoms with Gasteiger partial charge in [0.15, 0.2) is 6.10 Å². The molecule has 53 heavy (non-hydrogen) atoms. The van der Waals surface area contributed by atoms with Gasteiger partial charge in [-0.25, -0.2) is 0 Å². The number of hydrogen-bond donors (Lipinski definition) is 3. The quantitative estimate of drug-likeness (QED) is 0.0323. The minimum Gasteiger partial charge on any atom is -0.462 e. The molecule has 8 nitrogen and oxygen atoms in total. The van der Waals surface area contributed by atoms with E-state index in [-0.39, 0.29) is 31.0 Å². The zero-order valence-corrected chi connectivity index (χ0v) is 34.7. The van der Waals surface area contributed by atoms with Crippen molar-refractivity contribution >= 4 is 17.8 Å². The molecule has 0 aliphatic carbocycles. The van der Waals surface area contributed by atoms with Gasteiger partial charge in [-0.05, 0) is 83.6 Å². The van der Waals surface area contributed by atoms with E-state index in [0.717, 1.165) is 70.6 Å². The van der Waals surface area contributed by atoms with Gasteiger partial charge in [0.1, 0.15) is 6.61 Å². The van der Waals surface area contributed by atoms with Crippen molar-refractivity contribution in [3.8, 4) is 0 Å². The number of esters is 2. The number of ether oxygens (including phenoxy) is 2. The first-order chi connectivity index (χ1) is 25.9. The second kappa shape index (κ2) is 41.0. The molecule has 1 amide bonds. The second-order valence-corrected chi connectivity index (χ2v) is 15.1. The number of nitrogens with two attached hydrogens (primary N) is 2. The molecule has 0 saturated heterocycles. The van der Waals surface area contributed by atoms with Crippen molar-refractivity contribution < 1.29 is 23.9 Å². The first-order valence-electron chi connectivity index (χ1n) is 22.3. The molecular weight excluding hydrogens is 663 g/mol. The topological polar surface area (TPSA) is 134 Å². The lowest BCUT2D eigenvalue weighted by atomic mass is 10.1. The number of carbonyl (C=O) groups is 3. The van der Waals surface area contributed by atoms with Gasteiger partial charge in [0.2, 0.25) is 5.91 Å². The Balaban J connectivity index is 4.29. The van der Waals surface area contributed by atoms with Gasteiger partial charge in [0.05, 0.1) is 12.6 Å². The average Bonchev–Trinajstić information content (AvgIpc) is 3.15. The van der Waals surface area contributed by atoms with Crippen LogP contribution >= 0.6 is 0 Å². The van der Waals surface area contributed by atoms with Crippen LogP contribution in [0.3, 0.4) is 0 Å². The highest BCUT2D eigenvalue weighted by molar-refractivity contribution is 5.81. The number of allylic oxidation sites excluding steroid dienone is 4. The molecule has 5 N–H and O–H groups in total. The molecule has 0 rings (SSSR count). The lowest BCUT2D eigenvalue weighted by Gasteiger charge is -2.20. The van der Waals surface area contributed by atoms with Crippen LogP contribution in [0, 0.1) is 0 Å². The number of rotatable bonds is 40. The molecule has 2 atom stereocenters. The van der Waals surface area contributed by atoms with Crippen LogP contribution in [-0.2, 0) is 23.9 Å². The van der Waals surface area contributed by atoms with Gasteiger partial charge in [-0.15, -0.1) is 0 Å². The molecule has 2 unspecified atom stereocenters. The zero-order chi connectivity index (χ0) is 38.9. The molecule has 0 aliphatic rings. The van der Waals surface area contributed by atoms with Crippen molar-refractivity contribution in [3.63, 3.8) is 0 Å². The Morgan fingerprint density at radius 1 is 0.547 bits per heavy atom. The molecule has 0 aromatic heterocycles. The minimum absolute atomic E-state index is 0.0578. The molecular formula is C45H85N3O5. The van der Waals surface area contributed by atoms with Gasteiger partial charge in [0, 0.05) is 12.8 Å². The molecule has 0 radical (unpaired) electrons. The Kier molecular flexibility index (Phi) is 39.3. The summed E-state index contributed by atoms with van der Waals surface area (Å²) in [7, 11) is 0. The van der Waals surface area contributed by atoms with Crippen molar-refractivity contribution in [2.75, 3.05) is 19.7 Å². The summed E-state index contributed by atoms with van der Waals surface area (Å²) in [5, 5.41) is 2.79. The summed E-state index contributed by atoms with van der Waals surface area (Å²) in [5.41, 5.74) is 11.6. The molecule has 0 heterocycles. The minimum atomic E-state index is -0.746. The smallest absolute Gasteiger partial charge is 0.306 e. The predicted octanol–water partition coefficient (Wildman–Crippen LogP) is 11.1. The first-order valence-corrected chi connectivity index (χ1v) is 22.3. The summed E-state index contributed by atoms with van der Waals surface area (Å²) in [5.74, 6) is -0.937. The molecule has 310 valence electrons. The van der Waals surface area contributed by atoms with E-state index >= 15 is 0 Å². The molecule has 0 saturated carbocycles. The van der Waals surface area contributed by atoms with Crippen molar-refractivity contribution in [1.29, 1.82) is 0 Å². The van der Waals surface area contributed by atoms with E-state index in [1.165, 1.54) is 109 Å². The molecule has 0 bridgehead atoms. The van der Waals surface area contributed by atoms with Crippen LogP contribution in [0.4, 0.5) is 0 Å². The van der Waals surface area contributed by atoms with E-state index in [1.54, 1.807) is 0 Å². The van der Waals surface area contributed by atoms with Gasteiger partial charge >= 0.3 is 11.9 Å². The highest BCUT2D eigenvalue weighted by Gasteiger charge is 2.20. The van der Waals surface area contributed by atoms with Crippen molar-refractivity contribution in [2.24, 2.45) is 11.5 Å². The van der Waals surface area contributed by atoms with E-state index in [4.69, 9.17) is 20.9 Å². The maximum atomic E-state index is 12.7. The van der Waals surface area contributed by atoms with Crippen LogP contribution in [0.15, 0.2) is 24.3 Å². The van der Waals surface area contributed by atoms with E-state index in [1.807, 2.05) is 0 Å². The summed E-state index contributed by atoms with van der Waals surface area (Å²) in [6.07, 6.45) is 42.4. The van der Waals surface area contributed by atoms with E-state index in [0.29, 0.717) is 25.8 Å². The fourth-order valence-electron chi connectivity index (χ4n) is 6.30. The Labute approximate surface area is 326 Å². The third kappa shape index (κ3) is 37.9. The highest BCUT2D eigenvalue weighted by atomic mass is 16.6. The third-order valence-corrected chi connectivity index (χ3v) is 9.82. The maximum Gasteiger partial charge on any atom is 0.306 e. The second-order valence-electron chi connectivity index (χ2n) is 15.1. The van der Waals surface area contributed by atoms with Crippen LogP contribution < -0.4 is 16.8 Å². The molecule has 0 spiro atoms. The van der Waals surface area contributed by atoms with Gasteiger partial charge in [0.25, 0.3) is 0 Å². The Bertz CT molecular complexity index is 893. The SMILES string of the molecule is CCCCCCCC/C=C\CCCCCCCC(=O)OCC(CNC(=O)C(N)CCCCN)OC(=O)CCCCCCC/C=C\CCCCCCCC. The van der Waals surface area contributed by atoms with Crippen LogP contribution in [0.25, 0.3) is 0 Å². The Hall–Kier alpha value is -2.19. The molecule has 8 heteroatoms. The van der Waals surface area contributed by atoms with Crippen LogP contribution in [0.1, 0.15) is 213 Å². The van der Waals surface area contributed by atoms with E-state index in [9.17, 15) is 14.4 Å². The number of unbranched alkanes of at least 4 members (excludes halogenated alkanes) is 23. The first kappa shape index (κ1) is 50.8. The fraction of sp³-hybridized carbons (Fsp3) is 0.844. The fourth-order valence-corrected chi connectivity index (χ4v) is 6.30. The summed E-state index contributed by atoms with van der Waals surface area (Å²) < 4.78 is 11.2. The molecule has 0 aromatic carbocycles. The summed E-state index contributed by atoms with van der Waals surface area (Å²) in [6.45, 7) is 5.05. The summed E-state index contributed by atoms with van der Waals surface area (Å²) in [4.78, 5) is 37.7. The van der Waals surface area contributed by atoms with Crippen molar-refractivity contribution in [2.45, 2.75) is 225 Å². The van der Waals surface area contributed by atoms with Gasteiger partial charge < -0.3 is 26.3 Å². The van der Waals surface area contributed by atoms with Gasteiger partial charge in [-0.1, -0.05) is 147 Å². The number of hydrogen-bond acceptors (Lipinski definition) is 7. The number of nitrogens with one attached hydrogen (secondary N) is 1. The zero-order valence-electron chi connectivity index (χ0n) is 34.7. The lowest BCUT2D eigenvalue weighted by Crippen LogP contribution is -2.45. The molecule has 0 aromatic rings. The summed E-state index contributed by atoms with van der Waals surface area (Å²) in [6, 6.07) is -0.655. The monoisotopic (exact) mass is 748 g/mol. The summed E-state index contributed by atoms with van der Waals surface area (Å²) >= 11 is 0. The van der Waals surface area contributed by atoms with Crippen LogP contribution in [-0.4, -0.2) is 49.7 Å². The third-order valence-electron chi connectivity index (χ3n) is 9.82. The van der Waals surface area contributed by atoms with Crippen molar-refractivity contribution in [3.05, 3.63) is 24.3 Å². The van der Waals surface area contributed by atoms with Crippen LogP contribution in [0.2, 0.25) is 0 Å². The van der Waals surface area contributed by atoms with E-state index in [2.05, 4.69) is 43.5 Å². The van der Waals surface area contributed by atoms with Gasteiger partial charge in [-0.2, -0.15) is 0 Å². The van der Waals surface area contributed by atoms with Crippen molar-refractivity contribution in [1.82, 2.24) is 5.32 Å². The van der Waals surface area contributed by atoms with Crippen LogP contribution in [0.5, 0.6) is 0 Å². The lowest BCUT2D eigenvalue weighted by molar-refractivity contribution is -0.159. The largest absolute Gasteiger partial charge is 0.462 e. The molecule has 0 aliphatic heterocycles. The Morgan fingerprint density at radius 2 is 0.962 bits per heavy atom. The highest BCUT2D eigenvalue weighted by Crippen LogP contribution is 2.13. The van der Waals surface area contributed by atoms with Gasteiger partial charge in [-0.3, -0.25) is 14.4 Å². The standard InChI is InChI=1S/C45H85N3O5/c1-3-5-7-9-11-13-15-17-19-21-23-25-27-29-31-36-43(49)52-40-41(39-48-45(51)42(47)35-33-34-38-46)53-44(50)37-32-30-28-26-24-22-20-18-16-14-12-10-8-6-4-2/h17-20,41-42H,3-16,21-40,46-47H2,1-2H3,(H,48,51)/b19-17-,20-18-. The average molecular weight is 748 g/mol. The Morgan fingerprint density at radius 3 is 1.42 bits per heavy atom. The number of carbonyl (C=O) groups excluding carboxylic acids is 3. The number of amides is 1. The van der Waals surface area contributed by atoms with E-state index < -0.39 is 12.1 Å². The normalized spacial score (nSPS) is 12.8. The maximum absolute atomic E-state index is 12.7. The predicted molar refractivity (Wildman–Crippen MR) is 224 cm³/mol. The molecule has 0 fully saturated rings.